The fourth-order valence-corrected chi connectivity index (χ4v) is 2.46. The maximum absolute atomic E-state index is 9.13. The molecule has 0 bridgehead atoms. The predicted molar refractivity (Wildman–Crippen MR) is 79.0 cm³/mol. The van der Waals surface area contributed by atoms with Gasteiger partial charge in [0.1, 0.15) is 18.5 Å². The van der Waals surface area contributed by atoms with E-state index in [2.05, 4.69) is 6.07 Å². The van der Waals surface area contributed by atoms with Gasteiger partial charge in [-0.05, 0) is 29.3 Å². The molecule has 4 nitrogen and oxygen atoms in total. The number of para-hydroxylation sites is 1. The number of fused-ring (bicyclic) bond motifs is 1. The smallest absolute Gasteiger partial charge is 0.161 e. The van der Waals surface area contributed by atoms with Crippen molar-refractivity contribution in [2.45, 2.75) is 19.1 Å². The number of benzene rings is 2. The Kier molecular flexibility index (Phi) is 3.97. The van der Waals surface area contributed by atoms with Crippen molar-refractivity contribution in [3.8, 4) is 17.2 Å². The number of rotatable bonds is 5. The lowest BCUT2D eigenvalue weighted by Crippen LogP contribution is -2.22. The third-order valence-corrected chi connectivity index (χ3v) is 3.55. The lowest BCUT2D eigenvalue weighted by atomic mass is 10.1. The van der Waals surface area contributed by atoms with Crippen LogP contribution >= 0.6 is 0 Å². The Morgan fingerprint density at radius 2 is 2.05 bits per heavy atom. The molecule has 4 heteroatoms. The highest BCUT2D eigenvalue weighted by Gasteiger charge is 2.23. The zero-order valence-corrected chi connectivity index (χ0v) is 11.9. The molecule has 1 N–H and O–H groups in total. The van der Waals surface area contributed by atoms with Crippen LogP contribution in [0.5, 0.6) is 17.2 Å². The summed E-state index contributed by atoms with van der Waals surface area (Å²) < 4.78 is 16.9. The maximum atomic E-state index is 9.13. The van der Waals surface area contributed by atoms with Crippen molar-refractivity contribution < 1.29 is 19.3 Å². The van der Waals surface area contributed by atoms with E-state index < -0.39 is 0 Å². The van der Waals surface area contributed by atoms with Crippen LogP contribution in [0.25, 0.3) is 0 Å². The number of aliphatic hydroxyl groups excluding tert-OH is 1. The van der Waals surface area contributed by atoms with Crippen molar-refractivity contribution in [1.29, 1.82) is 0 Å². The monoisotopic (exact) mass is 286 g/mol. The molecule has 1 aliphatic rings. The lowest BCUT2D eigenvalue weighted by molar-refractivity contribution is 0.145. The van der Waals surface area contributed by atoms with Crippen molar-refractivity contribution in [3.63, 3.8) is 0 Å². The average molecular weight is 286 g/mol. The van der Waals surface area contributed by atoms with Crippen LogP contribution in [-0.4, -0.2) is 24.9 Å². The Morgan fingerprint density at radius 3 is 2.81 bits per heavy atom. The molecule has 1 unspecified atom stereocenters. The standard InChI is InChI=1S/C17H18O4/c1-19-17-8-12(10-18)6-7-16(17)20-11-14-9-13-4-2-3-5-15(13)21-14/h2-8,14,18H,9-11H2,1H3. The summed E-state index contributed by atoms with van der Waals surface area (Å²) in [7, 11) is 1.59. The van der Waals surface area contributed by atoms with E-state index in [9.17, 15) is 0 Å². The van der Waals surface area contributed by atoms with Gasteiger partial charge in [-0.2, -0.15) is 0 Å². The first-order valence-corrected chi connectivity index (χ1v) is 6.95. The van der Waals surface area contributed by atoms with Crippen LogP contribution in [0.15, 0.2) is 42.5 Å². The molecule has 21 heavy (non-hydrogen) atoms. The Morgan fingerprint density at radius 1 is 1.19 bits per heavy atom. The molecule has 1 aliphatic heterocycles. The molecule has 1 heterocycles. The molecule has 2 aromatic carbocycles. The van der Waals surface area contributed by atoms with E-state index in [1.807, 2.05) is 30.3 Å². The number of methoxy groups -OCH3 is 1. The van der Waals surface area contributed by atoms with Crippen LogP contribution in [0.4, 0.5) is 0 Å². The van der Waals surface area contributed by atoms with Gasteiger partial charge in [0, 0.05) is 6.42 Å². The molecule has 0 spiro atoms. The van der Waals surface area contributed by atoms with Crippen molar-refractivity contribution >= 4 is 0 Å². The minimum Gasteiger partial charge on any atom is -0.493 e. The van der Waals surface area contributed by atoms with Gasteiger partial charge in [0.2, 0.25) is 0 Å². The minimum atomic E-state index is -0.0162. The summed E-state index contributed by atoms with van der Waals surface area (Å²) in [5.74, 6) is 2.22. The molecule has 0 saturated carbocycles. The van der Waals surface area contributed by atoms with E-state index >= 15 is 0 Å². The highest BCUT2D eigenvalue weighted by molar-refractivity contribution is 5.43. The molecular weight excluding hydrogens is 268 g/mol. The summed E-state index contributed by atoms with van der Waals surface area (Å²) >= 11 is 0. The Hall–Kier alpha value is -2.20. The summed E-state index contributed by atoms with van der Waals surface area (Å²) in [5.41, 5.74) is 2.01. The minimum absolute atomic E-state index is 0.0162. The molecule has 0 amide bonds. The fourth-order valence-electron chi connectivity index (χ4n) is 2.46. The molecule has 0 saturated heterocycles. The molecule has 1 atom stereocenters. The third kappa shape index (κ3) is 2.95. The second-order valence-corrected chi connectivity index (χ2v) is 5.01. The summed E-state index contributed by atoms with van der Waals surface area (Å²) in [5, 5.41) is 9.13. The molecule has 0 fully saturated rings. The first kappa shape index (κ1) is 13.8. The van der Waals surface area contributed by atoms with Crippen LogP contribution < -0.4 is 14.2 Å². The third-order valence-electron chi connectivity index (χ3n) is 3.55. The number of aliphatic hydroxyl groups is 1. The molecule has 0 aliphatic carbocycles. The van der Waals surface area contributed by atoms with Crippen LogP contribution in [0.3, 0.4) is 0 Å². The Labute approximate surface area is 123 Å². The van der Waals surface area contributed by atoms with Gasteiger partial charge >= 0.3 is 0 Å². The largest absolute Gasteiger partial charge is 0.493 e. The second-order valence-electron chi connectivity index (χ2n) is 5.01. The van der Waals surface area contributed by atoms with E-state index in [4.69, 9.17) is 19.3 Å². The van der Waals surface area contributed by atoms with Gasteiger partial charge < -0.3 is 19.3 Å². The fraction of sp³-hybridized carbons (Fsp3) is 0.294. The van der Waals surface area contributed by atoms with E-state index in [1.54, 1.807) is 13.2 Å². The summed E-state index contributed by atoms with van der Waals surface area (Å²) in [6, 6.07) is 13.5. The van der Waals surface area contributed by atoms with Gasteiger partial charge in [-0.1, -0.05) is 24.3 Å². The number of hydrogen-bond acceptors (Lipinski definition) is 4. The lowest BCUT2D eigenvalue weighted by Gasteiger charge is -2.15. The normalized spacial score (nSPS) is 16.2. The highest BCUT2D eigenvalue weighted by Crippen LogP contribution is 2.31. The SMILES string of the molecule is COc1cc(CO)ccc1OCC1Cc2ccccc2O1. The molecule has 3 rings (SSSR count). The quantitative estimate of drug-likeness (QED) is 0.917. The highest BCUT2D eigenvalue weighted by atomic mass is 16.5. The van der Waals surface area contributed by atoms with Crippen molar-refractivity contribution in [2.24, 2.45) is 0 Å². The van der Waals surface area contributed by atoms with Gasteiger partial charge in [0.25, 0.3) is 0 Å². The van der Waals surface area contributed by atoms with E-state index in [-0.39, 0.29) is 12.7 Å². The summed E-state index contributed by atoms with van der Waals surface area (Å²) in [6.45, 7) is 0.446. The van der Waals surface area contributed by atoms with Crippen LogP contribution in [0, 0.1) is 0 Å². The maximum Gasteiger partial charge on any atom is 0.161 e. The number of hydrogen-bond donors (Lipinski definition) is 1. The average Bonchev–Trinajstić information content (AvgIpc) is 2.95. The second kappa shape index (κ2) is 6.06. The van der Waals surface area contributed by atoms with Crippen LogP contribution in [-0.2, 0) is 13.0 Å². The van der Waals surface area contributed by atoms with Crippen LogP contribution in [0.2, 0.25) is 0 Å². The van der Waals surface area contributed by atoms with Crippen molar-refractivity contribution in [1.82, 2.24) is 0 Å². The first-order valence-electron chi connectivity index (χ1n) is 6.95. The topological polar surface area (TPSA) is 47.9 Å². The molecule has 0 radical (unpaired) electrons. The molecular formula is C17H18O4. The van der Waals surface area contributed by atoms with Gasteiger partial charge in [0.05, 0.1) is 13.7 Å². The van der Waals surface area contributed by atoms with Gasteiger partial charge in [-0.3, -0.25) is 0 Å². The summed E-state index contributed by atoms with van der Waals surface area (Å²) in [4.78, 5) is 0. The Bertz CT molecular complexity index is 599. The first-order chi connectivity index (χ1) is 10.3. The zero-order chi connectivity index (χ0) is 14.7. The van der Waals surface area contributed by atoms with E-state index in [1.165, 1.54) is 5.56 Å². The zero-order valence-electron chi connectivity index (χ0n) is 11.9. The predicted octanol–water partition coefficient (Wildman–Crippen LogP) is 2.57. The van der Waals surface area contributed by atoms with E-state index in [0.29, 0.717) is 18.1 Å². The van der Waals surface area contributed by atoms with Crippen molar-refractivity contribution in [2.75, 3.05) is 13.7 Å². The van der Waals surface area contributed by atoms with Crippen LogP contribution in [0.1, 0.15) is 11.1 Å². The van der Waals surface area contributed by atoms with Gasteiger partial charge in [-0.25, -0.2) is 0 Å². The van der Waals surface area contributed by atoms with E-state index in [0.717, 1.165) is 17.7 Å². The van der Waals surface area contributed by atoms with Gasteiger partial charge in [-0.15, -0.1) is 0 Å². The number of ether oxygens (including phenoxy) is 3. The molecule has 2 aromatic rings. The van der Waals surface area contributed by atoms with Gasteiger partial charge in [0.15, 0.2) is 11.5 Å². The Balaban J connectivity index is 1.64. The molecule has 0 aromatic heterocycles. The summed E-state index contributed by atoms with van der Waals surface area (Å²) in [6.07, 6.45) is 0.873. The van der Waals surface area contributed by atoms with Crippen molar-refractivity contribution in [3.05, 3.63) is 53.6 Å². The molecule has 110 valence electrons.